The standard InChI is InChI=1S/C15H28N2O4/c1-4-21-15(2,3)11-16-14(20)17-10-6-5-7-12(17)8-9-13(18)19/h12H,4-11H2,1-3H3,(H,16,20)(H,18,19). The van der Waals surface area contributed by atoms with E-state index in [2.05, 4.69) is 5.32 Å². The van der Waals surface area contributed by atoms with Gasteiger partial charge in [-0.05, 0) is 46.5 Å². The molecule has 122 valence electrons. The zero-order valence-corrected chi connectivity index (χ0v) is 13.4. The van der Waals surface area contributed by atoms with Crippen LogP contribution in [-0.4, -0.2) is 53.3 Å². The molecule has 0 spiro atoms. The minimum absolute atomic E-state index is 0.0325. The molecular formula is C15H28N2O4. The van der Waals surface area contributed by atoms with E-state index in [4.69, 9.17) is 9.84 Å². The van der Waals surface area contributed by atoms with Crippen LogP contribution in [-0.2, 0) is 9.53 Å². The quantitative estimate of drug-likeness (QED) is 0.755. The van der Waals surface area contributed by atoms with Gasteiger partial charge in [-0.15, -0.1) is 0 Å². The van der Waals surface area contributed by atoms with Crippen LogP contribution in [0.1, 0.15) is 52.9 Å². The number of carbonyl (C=O) groups excluding carboxylic acids is 1. The predicted octanol–water partition coefficient (Wildman–Crippen LogP) is 2.23. The summed E-state index contributed by atoms with van der Waals surface area (Å²) in [6.07, 6.45) is 3.55. The van der Waals surface area contributed by atoms with Crippen LogP contribution in [0.3, 0.4) is 0 Å². The SMILES string of the molecule is CCOC(C)(C)CNC(=O)N1CCCCC1CCC(=O)O. The number of nitrogens with one attached hydrogen (secondary N) is 1. The molecule has 0 aromatic rings. The summed E-state index contributed by atoms with van der Waals surface area (Å²) >= 11 is 0. The Morgan fingerprint density at radius 1 is 1.38 bits per heavy atom. The van der Waals surface area contributed by atoms with Gasteiger partial charge in [0.25, 0.3) is 0 Å². The summed E-state index contributed by atoms with van der Waals surface area (Å²) in [4.78, 5) is 24.8. The maximum absolute atomic E-state index is 12.3. The number of hydrogen-bond acceptors (Lipinski definition) is 3. The van der Waals surface area contributed by atoms with Crippen LogP contribution in [0.15, 0.2) is 0 Å². The zero-order chi connectivity index (χ0) is 15.9. The number of carboxylic acid groups (broad SMARTS) is 1. The average Bonchev–Trinajstić information content (AvgIpc) is 2.43. The number of likely N-dealkylation sites (tertiary alicyclic amines) is 1. The lowest BCUT2D eigenvalue weighted by atomic mass is 9.98. The normalized spacial score (nSPS) is 19.4. The number of nitrogens with zero attached hydrogens (tertiary/aromatic N) is 1. The number of urea groups is 1. The number of hydrogen-bond donors (Lipinski definition) is 2. The number of ether oxygens (including phenoxy) is 1. The topological polar surface area (TPSA) is 78.9 Å². The molecule has 1 rings (SSSR count). The highest BCUT2D eigenvalue weighted by Gasteiger charge is 2.28. The summed E-state index contributed by atoms with van der Waals surface area (Å²) in [6.45, 7) is 7.56. The van der Waals surface area contributed by atoms with Gasteiger partial charge in [-0.3, -0.25) is 4.79 Å². The third-order valence-corrected chi connectivity index (χ3v) is 3.78. The first-order valence-electron chi connectivity index (χ1n) is 7.76. The van der Waals surface area contributed by atoms with Crippen molar-refractivity contribution in [3.05, 3.63) is 0 Å². The maximum atomic E-state index is 12.3. The molecule has 2 amide bonds. The third-order valence-electron chi connectivity index (χ3n) is 3.78. The fourth-order valence-electron chi connectivity index (χ4n) is 2.69. The van der Waals surface area contributed by atoms with E-state index in [1.807, 2.05) is 20.8 Å². The number of rotatable bonds is 7. The van der Waals surface area contributed by atoms with E-state index in [9.17, 15) is 9.59 Å². The maximum Gasteiger partial charge on any atom is 0.317 e. The summed E-state index contributed by atoms with van der Waals surface area (Å²) < 4.78 is 5.56. The van der Waals surface area contributed by atoms with Crippen molar-refractivity contribution in [2.24, 2.45) is 0 Å². The lowest BCUT2D eigenvalue weighted by Crippen LogP contribution is -2.51. The summed E-state index contributed by atoms with van der Waals surface area (Å²) in [5.74, 6) is -0.807. The van der Waals surface area contributed by atoms with Crippen molar-refractivity contribution in [2.75, 3.05) is 19.7 Å². The summed E-state index contributed by atoms with van der Waals surface area (Å²) in [5.41, 5.74) is -0.392. The smallest absolute Gasteiger partial charge is 0.317 e. The lowest BCUT2D eigenvalue weighted by Gasteiger charge is -2.36. The number of carbonyl (C=O) groups is 2. The van der Waals surface area contributed by atoms with Crippen molar-refractivity contribution in [2.45, 2.75) is 64.5 Å². The molecule has 2 N–H and O–H groups in total. The van der Waals surface area contributed by atoms with Gasteiger partial charge in [0, 0.05) is 32.2 Å². The largest absolute Gasteiger partial charge is 0.481 e. The monoisotopic (exact) mass is 300 g/mol. The summed E-state index contributed by atoms with van der Waals surface area (Å²) in [7, 11) is 0. The number of amides is 2. The van der Waals surface area contributed by atoms with Gasteiger partial charge in [0.15, 0.2) is 0 Å². The minimum atomic E-state index is -0.807. The van der Waals surface area contributed by atoms with Gasteiger partial charge in [0.05, 0.1) is 5.60 Å². The second-order valence-corrected chi connectivity index (χ2v) is 6.13. The van der Waals surface area contributed by atoms with Crippen LogP contribution in [0.5, 0.6) is 0 Å². The Labute approximate surface area is 126 Å². The van der Waals surface area contributed by atoms with Crippen LogP contribution in [0.2, 0.25) is 0 Å². The predicted molar refractivity (Wildman–Crippen MR) is 80.3 cm³/mol. The second-order valence-electron chi connectivity index (χ2n) is 6.13. The first-order chi connectivity index (χ1) is 9.85. The van der Waals surface area contributed by atoms with E-state index in [1.165, 1.54) is 0 Å². The highest BCUT2D eigenvalue weighted by Crippen LogP contribution is 2.21. The Balaban J connectivity index is 2.50. The van der Waals surface area contributed by atoms with E-state index in [1.54, 1.807) is 4.90 Å². The van der Waals surface area contributed by atoms with E-state index in [-0.39, 0.29) is 18.5 Å². The number of piperidine rings is 1. The Morgan fingerprint density at radius 2 is 2.10 bits per heavy atom. The van der Waals surface area contributed by atoms with Crippen LogP contribution in [0, 0.1) is 0 Å². The Morgan fingerprint density at radius 3 is 2.71 bits per heavy atom. The van der Waals surface area contributed by atoms with E-state index < -0.39 is 11.6 Å². The molecule has 6 nitrogen and oxygen atoms in total. The molecule has 1 heterocycles. The number of aliphatic carboxylic acids is 1. The molecule has 0 aliphatic carbocycles. The molecule has 1 aliphatic heterocycles. The van der Waals surface area contributed by atoms with E-state index in [0.29, 0.717) is 26.1 Å². The van der Waals surface area contributed by atoms with Crippen molar-refractivity contribution in [3.8, 4) is 0 Å². The first-order valence-corrected chi connectivity index (χ1v) is 7.76. The third kappa shape index (κ3) is 6.33. The molecule has 0 aromatic carbocycles. The van der Waals surface area contributed by atoms with Crippen molar-refractivity contribution in [3.63, 3.8) is 0 Å². The van der Waals surface area contributed by atoms with Gasteiger partial charge in [-0.2, -0.15) is 0 Å². The van der Waals surface area contributed by atoms with Crippen molar-refractivity contribution in [1.29, 1.82) is 0 Å². The molecule has 6 heteroatoms. The van der Waals surface area contributed by atoms with Crippen molar-refractivity contribution in [1.82, 2.24) is 10.2 Å². The van der Waals surface area contributed by atoms with Gasteiger partial charge >= 0.3 is 12.0 Å². The van der Waals surface area contributed by atoms with E-state index in [0.717, 1.165) is 19.3 Å². The fraction of sp³-hybridized carbons (Fsp3) is 0.867. The molecule has 1 unspecified atom stereocenters. The summed E-state index contributed by atoms with van der Waals surface area (Å²) in [6, 6.07) is -0.0806. The lowest BCUT2D eigenvalue weighted by molar-refractivity contribution is -0.137. The van der Waals surface area contributed by atoms with Gasteiger partial charge < -0.3 is 20.1 Å². The molecule has 0 aromatic heterocycles. The van der Waals surface area contributed by atoms with Gasteiger partial charge in [-0.25, -0.2) is 4.79 Å². The molecular weight excluding hydrogens is 272 g/mol. The molecule has 21 heavy (non-hydrogen) atoms. The van der Waals surface area contributed by atoms with Gasteiger partial charge in [-0.1, -0.05) is 0 Å². The highest BCUT2D eigenvalue weighted by molar-refractivity contribution is 5.75. The molecule has 1 fully saturated rings. The number of carboxylic acids is 1. The van der Waals surface area contributed by atoms with Crippen LogP contribution >= 0.6 is 0 Å². The molecule has 0 radical (unpaired) electrons. The van der Waals surface area contributed by atoms with Gasteiger partial charge in [0.2, 0.25) is 0 Å². The molecule has 1 atom stereocenters. The fourth-order valence-corrected chi connectivity index (χ4v) is 2.69. The van der Waals surface area contributed by atoms with Gasteiger partial charge in [0.1, 0.15) is 0 Å². The molecule has 1 saturated heterocycles. The minimum Gasteiger partial charge on any atom is -0.481 e. The molecule has 0 bridgehead atoms. The van der Waals surface area contributed by atoms with Crippen LogP contribution < -0.4 is 5.32 Å². The van der Waals surface area contributed by atoms with Crippen molar-refractivity contribution >= 4 is 12.0 Å². The Hall–Kier alpha value is -1.30. The second kappa shape index (κ2) is 8.22. The molecule has 1 aliphatic rings. The zero-order valence-electron chi connectivity index (χ0n) is 13.4. The van der Waals surface area contributed by atoms with E-state index >= 15 is 0 Å². The van der Waals surface area contributed by atoms with Crippen LogP contribution in [0.4, 0.5) is 4.79 Å². The Bertz CT molecular complexity index is 358. The molecule has 0 saturated carbocycles. The van der Waals surface area contributed by atoms with Crippen molar-refractivity contribution < 1.29 is 19.4 Å². The Kier molecular flexibility index (Phi) is 6.95. The van der Waals surface area contributed by atoms with Crippen LogP contribution in [0.25, 0.3) is 0 Å². The highest BCUT2D eigenvalue weighted by atomic mass is 16.5. The average molecular weight is 300 g/mol. The summed E-state index contributed by atoms with van der Waals surface area (Å²) in [5, 5.41) is 11.7. The first kappa shape index (κ1) is 17.8.